The summed E-state index contributed by atoms with van der Waals surface area (Å²) >= 11 is 1.95. The molecule has 0 aromatic heterocycles. The number of thioether (sulfide) groups is 1. The molecule has 0 aliphatic carbocycles. The number of nitrogens with zero attached hydrogens (tertiary/aromatic N) is 1. The molecule has 0 aromatic carbocycles. The molecule has 19 heavy (non-hydrogen) atoms. The van der Waals surface area contributed by atoms with Crippen LogP contribution in [0.4, 0.5) is 0 Å². The fraction of sp³-hybridized carbons (Fsp3) is 0.929. The van der Waals surface area contributed by atoms with Gasteiger partial charge < -0.3 is 15.0 Å². The number of piperidine rings is 1. The number of ether oxygens (including phenoxy) is 1. The number of likely N-dealkylation sites (tertiary alicyclic amines) is 1. The molecule has 0 radical (unpaired) electrons. The van der Waals surface area contributed by atoms with Gasteiger partial charge >= 0.3 is 0 Å². The van der Waals surface area contributed by atoms with E-state index in [0.29, 0.717) is 18.4 Å². The molecule has 0 spiro atoms. The summed E-state index contributed by atoms with van der Waals surface area (Å²) < 4.78 is 5.79. The highest BCUT2D eigenvalue weighted by Gasteiger charge is 2.26. The monoisotopic (exact) mass is 286 g/mol. The third kappa shape index (κ3) is 4.97. The van der Waals surface area contributed by atoms with Crippen LogP contribution < -0.4 is 5.32 Å². The highest BCUT2D eigenvalue weighted by atomic mass is 32.2. The van der Waals surface area contributed by atoms with Crippen molar-refractivity contribution < 1.29 is 9.53 Å². The van der Waals surface area contributed by atoms with Crippen LogP contribution >= 0.6 is 11.8 Å². The normalized spacial score (nSPS) is 28.4. The van der Waals surface area contributed by atoms with E-state index in [1.54, 1.807) is 0 Å². The molecule has 5 heteroatoms. The lowest BCUT2D eigenvalue weighted by atomic mass is 10.1. The number of rotatable bonds is 5. The van der Waals surface area contributed by atoms with E-state index in [9.17, 15) is 4.79 Å². The van der Waals surface area contributed by atoms with Gasteiger partial charge in [0.25, 0.3) is 0 Å². The summed E-state index contributed by atoms with van der Waals surface area (Å²) in [5.74, 6) is 2.53. The summed E-state index contributed by atoms with van der Waals surface area (Å²) in [6.07, 6.45) is 4.13. The van der Waals surface area contributed by atoms with E-state index in [-0.39, 0.29) is 6.10 Å². The van der Waals surface area contributed by atoms with Gasteiger partial charge in [0, 0.05) is 50.2 Å². The lowest BCUT2D eigenvalue weighted by molar-refractivity contribution is -0.135. The first kappa shape index (κ1) is 15.1. The van der Waals surface area contributed by atoms with Crippen molar-refractivity contribution in [3.8, 4) is 0 Å². The molecule has 4 nitrogen and oxygen atoms in total. The molecule has 2 saturated heterocycles. The van der Waals surface area contributed by atoms with Crippen LogP contribution in [0.25, 0.3) is 0 Å². The second kappa shape index (κ2) is 8.12. The molecule has 2 unspecified atom stereocenters. The van der Waals surface area contributed by atoms with E-state index in [1.165, 1.54) is 5.75 Å². The molecule has 0 bridgehead atoms. The smallest absolute Gasteiger partial charge is 0.224 e. The average molecular weight is 286 g/mol. The van der Waals surface area contributed by atoms with E-state index < -0.39 is 0 Å². The maximum atomic E-state index is 12.3. The maximum Gasteiger partial charge on any atom is 0.224 e. The van der Waals surface area contributed by atoms with E-state index in [1.807, 2.05) is 16.7 Å². The molecule has 110 valence electrons. The number of hydrogen-bond acceptors (Lipinski definition) is 4. The molecule has 2 heterocycles. The molecule has 1 N–H and O–H groups in total. The van der Waals surface area contributed by atoms with E-state index in [2.05, 4.69) is 12.2 Å². The standard InChI is InChI=1S/C14H26N2O2S/c1-2-7-18-13-4-3-6-16(10-13)14(17)9-12-11-19-8-5-15-12/h12-13,15H,2-11H2,1H3. The van der Waals surface area contributed by atoms with Crippen LogP contribution in [0.2, 0.25) is 0 Å². The largest absolute Gasteiger partial charge is 0.376 e. The van der Waals surface area contributed by atoms with Gasteiger partial charge in [-0.25, -0.2) is 0 Å². The van der Waals surface area contributed by atoms with Gasteiger partial charge in [-0.05, 0) is 19.3 Å². The third-order valence-electron chi connectivity index (χ3n) is 3.71. The molecule has 2 fully saturated rings. The van der Waals surface area contributed by atoms with Gasteiger partial charge in [0.05, 0.1) is 6.10 Å². The van der Waals surface area contributed by atoms with Crippen LogP contribution in [0.1, 0.15) is 32.6 Å². The number of hydrogen-bond donors (Lipinski definition) is 1. The quantitative estimate of drug-likeness (QED) is 0.831. The predicted molar refractivity (Wildman–Crippen MR) is 79.6 cm³/mol. The molecule has 2 rings (SSSR count). The van der Waals surface area contributed by atoms with Crippen molar-refractivity contribution in [1.29, 1.82) is 0 Å². The van der Waals surface area contributed by atoms with Crippen LogP contribution in [0, 0.1) is 0 Å². The first-order valence-corrected chi connectivity index (χ1v) is 8.65. The zero-order valence-electron chi connectivity index (χ0n) is 11.9. The minimum Gasteiger partial charge on any atom is -0.376 e. The van der Waals surface area contributed by atoms with Gasteiger partial charge in [-0.2, -0.15) is 11.8 Å². The minimum atomic E-state index is 0.256. The zero-order valence-corrected chi connectivity index (χ0v) is 12.7. The van der Waals surface area contributed by atoms with Crippen molar-refractivity contribution in [1.82, 2.24) is 10.2 Å². The summed E-state index contributed by atoms with van der Waals surface area (Å²) in [6.45, 7) is 5.67. The summed E-state index contributed by atoms with van der Waals surface area (Å²) in [5, 5.41) is 3.44. The van der Waals surface area contributed by atoms with Gasteiger partial charge in [0.15, 0.2) is 0 Å². The van der Waals surface area contributed by atoms with Gasteiger partial charge in [0.1, 0.15) is 0 Å². The minimum absolute atomic E-state index is 0.256. The summed E-state index contributed by atoms with van der Waals surface area (Å²) in [4.78, 5) is 14.3. The van der Waals surface area contributed by atoms with Gasteiger partial charge in [-0.3, -0.25) is 4.79 Å². The first-order chi connectivity index (χ1) is 9.29. The topological polar surface area (TPSA) is 41.6 Å². The summed E-state index contributed by atoms with van der Waals surface area (Å²) in [6, 6.07) is 0.364. The lowest BCUT2D eigenvalue weighted by Gasteiger charge is -2.34. The molecule has 1 amide bonds. The highest BCUT2D eigenvalue weighted by molar-refractivity contribution is 7.99. The predicted octanol–water partition coefficient (Wildman–Crippen LogP) is 1.50. The second-order valence-electron chi connectivity index (χ2n) is 5.40. The Labute approximate surface area is 120 Å². The molecule has 2 aliphatic rings. The summed E-state index contributed by atoms with van der Waals surface area (Å²) in [7, 11) is 0. The fourth-order valence-corrected chi connectivity index (χ4v) is 3.63. The summed E-state index contributed by atoms with van der Waals surface area (Å²) in [5.41, 5.74) is 0. The highest BCUT2D eigenvalue weighted by Crippen LogP contribution is 2.17. The van der Waals surface area contributed by atoms with Crippen molar-refractivity contribution in [2.24, 2.45) is 0 Å². The number of nitrogens with one attached hydrogen (secondary N) is 1. The van der Waals surface area contributed by atoms with Gasteiger partial charge in [-0.1, -0.05) is 6.92 Å². The Morgan fingerprint density at radius 2 is 2.42 bits per heavy atom. The SMILES string of the molecule is CCCOC1CCCN(C(=O)CC2CSCCN2)C1. The van der Waals surface area contributed by atoms with Gasteiger partial charge in [0.2, 0.25) is 5.91 Å². The molecule has 0 saturated carbocycles. The van der Waals surface area contributed by atoms with Crippen molar-refractivity contribution in [2.45, 2.75) is 44.8 Å². The first-order valence-electron chi connectivity index (χ1n) is 7.50. The number of carbonyl (C=O) groups excluding carboxylic acids is 1. The van der Waals surface area contributed by atoms with Crippen LogP contribution in [0.15, 0.2) is 0 Å². The van der Waals surface area contributed by atoms with Crippen molar-refractivity contribution in [3.05, 3.63) is 0 Å². The molecule has 2 atom stereocenters. The average Bonchev–Trinajstić information content (AvgIpc) is 2.46. The van der Waals surface area contributed by atoms with Crippen LogP contribution in [0.3, 0.4) is 0 Å². The number of amides is 1. The molecule has 2 aliphatic heterocycles. The second-order valence-corrected chi connectivity index (χ2v) is 6.55. The Bertz CT molecular complexity index is 283. The Morgan fingerprint density at radius 3 is 3.16 bits per heavy atom. The van der Waals surface area contributed by atoms with E-state index >= 15 is 0 Å². The lowest BCUT2D eigenvalue weighted by Crippen LogP contribution is -2.47. The van der Waals surface area contributed by atoms with Gasteiger partial charge in [-0.15, -0.1) is 0 Å². The van der Waals surface area contributed by atoms with E-state index in [0.717, 1.165) is 51.3 Å². The van der Waals surface area contributed by atoms with Crippen molar-refractivity contribution in [2.75, 3.05) is 37.7 Å². The van der Waals surface area contributed by atoms with E-state index in [4.69, 9.17) is 4.74 Å². The van der Waals surface area contributed by atoms with Crippen LogP contribution in [-0.4, -0.2) is 60.7 Å². The Morgan fingerprint density at radius 1 is 1.53 bits per heavy atom. The third-order valence-corrected chi connectivity index (χ3v) is 4.84. The number of carbonyl (C=O) groups is 1. The van der Waals surface area contributed by atoms with Crippen molar-refractivity contribution >= 4 is 17.7 Å². The Hall–Kier alpha value is -0.260. The Kier molecular flexibility index (Phi) is 6.47. The molecule has 0 aromatic rings. The van der Waals surface area contributed by atoms with Crippen LogP contribution in [0.5, 0.6) is 0 Å². The maximum absolute atomic E-state index is 12.3. The Balaban J connectivity index is 1.74. The molecular formula is C14H26N2O2S. The zero-order chi connectivity index (χ0) is 13.5. The van der Waals surface area contributed by atoms with Crippen molar-refractivity contribution in [3.63, 3.8) is 0 Å². The van der Waals surface area contributed by atoms with Crippen LogP contribution in [-0.2, 0) is 9.53 Å². The fourth-order valence-electron chi connectivity index (χ4n) is 2.68. The molecular weight excluding hydrogens is 260 g/mol.